The highest BCUT2D eigenvalue weighted by Gasteiger charge is 2.64. The molecule has 8 heteroatoms. The summed E-state index contributed by atoms with van der Waals surface area (Å²) in [6, 6.07) is 3.38. The van der Waals surface area contributed by atoms with Crippen LogP contribution in [0.2, 0.25) is 0 Å². The van der Waals surface area contributed by atoms with Crippen molar-refractivity contribution >= 4 is 17.6 Å². The van der Waals surface area contributed by atoms with Gasteiger partial charge in [0.05, 0.1) is 0 Å². The van der Waals surface area contributed by atoms with Gasteiger partial charge in [0.15, 0.2) is 5.54 Å². The van der Waals surface area contributed by atoms with Gasteiger partial charge in [-0.3, -0.25) is 4.79 Å². The van der Waals surface area contributed by atoms with E-state index in [1.807, 2.05) is 0 Å². The number of rotatable bonds is 5. The van der Waals surface area contributed by atoms with Crippen molar-refractivity contribution in [1.82, 2.24) is 0 Å². The quantitative estimate of drug-likeness (QED) is 0.793. The topological polar surface area (TPSA) is 76.7 Å². The molecule has 152 valence electrons. The van der Waals surface area contributed by atoms with Gasteiger partial charge in [0.1, 0.15) is 11.9 Å². The van der Waals surface area contributed by atoms with E-state index in [9.17, 15) is 18.0 Å². The van der Waals surface area contributed by atoms with Crippen molar-refractivity contribution < 1.29 is 22.7 Å². The summed E-state index contributed by atoms with van der Waals surface area (Å²) >= 11 is 0. The molecule has 2 fully saturated rings. The molecule has 0 radical (unpaired) electrons. The number of anilines is 1. The predicted molar refractivity (Wildman–Crippen MR) is 98.5 cm³/mol. The van der Waals surface area contributed by atoms with Gasteiger partial charge in [0, 0.05) is 23.6 Å². The Hall–Kier alpha value is -2.25. The van der Waals surface area contributed by atoms with Crippen LogP contribution in [0.3, 0.4) is 0 Å². The van der Waals surface area contributed by atoms with E-state index in [4.69, 9.17) is 10.5 Å². The first-order chi connectivity index (χ1) is 13.4. The maximum Gasteiger partial charge on any atom is 0.283 e. The first kappa shape index (κ1) is 19.1. The van der Waals surface area contributed by atoms with Crippen LogP contribution in [0.15, 0.2) is 23.2 Å². The van der Waals surface area contributed by atoms with E-state index in [1.165, 1.54) is 18.6 Å². The molecule has 1 amide bonds. The Morgan fingerprint density at radius 3 is 2.79 bits per heavy atom. The number of carbonyl (C=O) groups is 1. The van der Waals surface area contributed by atoms with Crippen molar-refractivity contribution in [2.75, 3.05) is 5.32 Å². The second-order valence-electron chi connectivity index (χ2n) is 8.03. The minimum Gasteiger partial charge on any atom is -0.462 e. The van der Waals surface area contributed by atoms with E-state index < -0.39 is 29.8 Å². The lowest BCUT2D eigenvalue weighted by Gasteiger charge is -2.33. The van der Waals surface area contributed by atoms with Gasteiger partial charge in [-0.2, -0.15) is 0 Å². The van der Waals surface area contributed by atoms with Crippen LogP contribution < -0.4 is 11.1 Å². The van der Waals surface area contributed by atoms with Crippen molar-refractivity contribution in [1.29, 1.82) is 0 Å². The zero-order valence-corrected chi connectivity index (χ0v) is 15.5. The molecule has 1 heterocycles. The molecular formula is C20H24F3N3O2. The second-order valence-corrected chi connectivity index (χ2v) is 8.03. The van der Waals surface area contributed by atoms with Crippen LogP contribution in [0.25, 0.3) is 0 Å². The molecule has 5 nitrogen and oxygen atoms in total. The lowest BCUT2D eigenvalue weighted by atomic mass is 9.84. The predicted octanol–water partition coefficient (Wildman–Crippen LogP) is 3.93. The van der Waals surface area contributed by atoms with Crippen LogP contribution in [0.5, 0.6) is 0 Å². The molecule has 4 rings (SSSR count). The third kappa shape index (κ3) is 3.44. The number of amides is 1. The number of nitrogens with one attached hydrogen (secondary N) is 1. The fourth-order valence-electron chi connectivity index (χ4n) is 4.58. The lowest BCUT2D eigenvalue weighted by molar-refractivity contribution is -0.117. The SMILES string of the molecule is NC1=N[C@@](c2cc(NC(=O)CC3CCCCC3)ccc2F)(C(F)F)[C@H]2C[C@H]2O1. The van der Waals surface area contributed by atoms with Crippen molar-refractivity contribution in [3.63, 3.8) is 0 Å². The summed E-state index contributed by atoms with van der Waals surface area (Å²) in [7, 11) is 0. The van der Waals surface area contributed by atoms with Crippen LogP contribution >= 0.6 is 0 Å². The van der Waals surface area contributed by atoms with Gasteiger partial charge >= 0.3 is 0 Å². The van der Waals surface area contributed by atoms with Gasteiger partial charge in [0.2, 0.25) is 5.91 Å². The maximum absolute atomic E-state index is 14.6. The van der Waals surface area contributed by atoms with Gasteiger partial charge < -0.3 is 15.8 Å². The summed E-state index contributed by atoms with van der Waals surface area (Å²) in [5.41, 5.74) is 3.53. The largest absolute Gasteiger partial charge is 0.462 e. The molecule has 3 N–H and O–H groups in total. The molecule has 1 aromatic rings. The Morgan fingerprint density at radius 2 is 2.07 bits per heavy atom. The van der Waals surface area contributed by atoms with Crippen molar-refractivity contribution in [2.45, 2.75) is 63.0 Å². The zero-order valence-electron chi connectivity index (χ0n) is 15.5. The van der Waals surface area contributed by atoms with Crippen LogP contribution in [-0.2, 0) is 15.1 Å². The number of benzene rings is 1. The van der Waals surface area contributed by atoms with Crippen molar-refractivity contribution in [2.24, 2.45) is 22.6 Å². The highest BCUT2D eigenvalue weighted by molar-refractivity contribution is 5.91. The van der Waals surface area contributed by atoms with E-state index in [1.54, 1.807) is 0 Å². The van der Waals surface area contributed by atoms with E-state index in [0.717, 1.165) is 31.7 Å². The van der Waals surface area contributed by atoms with Gasteiger partial charge in [-0.25, -0.2) is 18.2 Å². The van der Waals surface area contributed by atoms with Crippen LogP contribution in [0, 0.1) is 17.7 Å². The summed E-state index contributed by atoms with van der Waals surface area (Å²) in [5.74, 6) is -1.28. The van der Waals surface area contributed by atoms with Gasteiger partial charge in [-0.05, 0) is 43.4 Å². The highest BCUT2D eigenvalue weighted by atomic mass is 19.3. The molecule has 0 spiro atoms. The summed E-state index contributed by atoms with van der Waals surface area (Å²) in [5, 5.41) is 2.73. The Morgan fingerprint density at radius 1 is 1.32 bits per heavy atom. The van der Waals surface area contributed by atoms with Crippen molar-refractivity contribution in [3.8, 4) is 0 Å². The van der Waals surface area contributed by atoms with Gasteiger partial charge in [-0.15, -0.1) is 0 Å². The molecule has 1 aromatic carbocycles. The fraction of sp³-hybridized carbons (Fsp3) is 0.600. The number of carbonyl (C=O) groups excluding carboxylic acids is 1. The summed E-state index contributed by atoms with van der Waals surface area (Å²) in [6.07, 6.45) is 2.79. The Kier molecular flexibility index (Phi) is 4.97. The van der Waals surface area contributed by atoms with Crippen LogP contribution in [0.4, 0.5) is 18.9 Å². The molecule has 0 bridgehead atoms. The van der Waals surface area contributed by atoms with E-state index in [2.05, 4.69) is 10.3 Å². The molecule has 1 aliphatic heterocycles. The average molecular weight is 395 g/mol. The molecule has 3 atom stereocenters. The standard InChI is InChI=1S/C20H24F3N3O2/c21-15-7-6-12(25-17(27)8-11-4-2-1-3-5-11)9-13(15)20(18(22)23)14-10-16(14)28-19(24)26-20/h6-7,9,11,14,16,18H,1-5,8,10H2,(H2,24,26)(H,25,27)/t14-,16+,20+/m0/s1. The molecule has 0 saturated heterocycles. The minimum atomic E-state index is -2.95. The number of ether oxygens (including phenoxy) is 1. The Balaban J connectivity index is 1.58. The van der Waals surface area contributed by atoms with Crippen molar-refractivity contribution in [3.05, 3.63) is 29.6 Å². The number of nitrogens with two attached hydrogens (primary N) is 1. The number of amidine groups is 1. The van der Waals surface area contributed by atoms with E-state index in [0.29, 0.717) is 18.8 Å². The highest BCUT2D eigenvalue weighted by Crippen LogP contribution is 2.56. The molecule has 2 aliphatic carbocycles. The minimum absolute atomic E-state index is 0.185. The first-order valence-electron chi connectivity index (χ1n) is 9.80. The summed E-state index contributed by atoms with van der Waals surface area (Å²) in [4.78, 5) is 16.2. The number of alkyl halides is 2. The number of hydrogen-bond acceptors (Lipinski definition) is 4. The van der Waals surface area contributed by atoms with Gasteiger partial charge in [-0.1, -0.05) is 19.3 Å². The molecule has 3 aliphatic rings. The van der Waals surface area contributed by atoms with E-state index in [-0.39, 0.29) is 23.2 Å². The molecule has 0 aromatic heterocycles. The monoisotopic (exact) mass is 395 g/mol. The third-order valence-corrected chi connectivity index (χ3v) is 6.08. The molecule has 28 heavy (non-hydrogen) atoms. The third-order valence-electron chi connectivity index (χ3n) is 6.08. The average Bonchev–Trinajstić information content (AvgIpc) is 3.43. The maximum atomic E-state index is 14.6. The second kappa shape index (κ2) is 7.29. The van der Waals surface area contributed by atoms with Crippen LogP contribution in [-0.4, -0.2) is 24.5 Å². The summed E-state index contributed by atoms with van der Waals surface area (Å²) < 4.78 is 48.0. The fourth-order valence-corrected chi connectivity index (χ4v) is 4.58. The van der Waals surface area contributed by atoms with Gasteiger partial charge in [0.25, 0.3) is 12.4 Å². The first-order valence-corrected chi connectivity index (χ1v) is 9.80. The van der Waals surface area contributed by atoms with Crippen LogP contribution in [0.1, 0.15) is 50.5 Å². The molecule has 2 saturated carbocycles. The summed E-state index contributed by atoms with van der Waals surface area (Å²) in [6.45, 7) is 0. The normalized spacial score (nSPS) is 29.6. The lowest BCUT2D eigenvalue weighted by Crippen LogP contribution is -2.43. The zero-order chi connectivity index (χ0) is 19.9. The molecule has 0 unspecified atom stereocenters. The molecular weight excluding hydrogens is 371 g/mol. The number of halogens is 3. The Bertz CT molecular complexity index is 795. The number of fused-ring (bicyclic) bond motifs is 1. The Labute approximate surface area is 161 Å². The number of nitrogens with zero attached hydrogens (tertiary/aromatic N) is 1. The number of aliphatic imine (C=N–C) groups is 1. The smallest absolute Gasteiger partial charge is 0.283 e. The van der Waals surface area contributed by atoms with E-state index >= 15 is 0 Å². The number of hydrogen-bond donors (Lipinski definition) is 2.